The number of hydrogen-bond donors (Lipinski definition) is 1. The van der Waals surface area contributed by atoms with Gasteiger partial charge < -0.3 is 10.5 Å². The number of thioether (sulfide) groups is 1. The standard InChI is InChI=1S/C6H11NO2S/c1-3-10-6(8)4-5(7)9-2/h4H,3,7H2,1-2H3/b5-4-. The SMILES string of the molecule is CCSC(=O)/C=C(/N)OC. The second-order valence-electron chi connectivity index (χ2n) is 1.50. The van der Waals surface area contributed by atoms with Crippen molar-refractivity contribution in [1.82, 2.24) is 0 Å². The quantitative estimate of drug-likeness (QED) is 0.489. The van der Waals surface area contributed by atoms with Gasteiger partial charge in [-0.1, -0.05) is 18.7 Å². The number of carbonyl (C=O) groups excluding carboxylic acids is 1. The van der Waals surface area contributed by atoms with Crippen LogP contribution in [0.4, 0.5) is 0 Å². The van der Waals surface area contributed by atoms with Gasteiger partial charge in [-0.25, -0.2) is 0 Å². The fraction of sp³-hybridized carbons (Fsp3) is 0.500. The van der Waals surface area contributed by atoms with Crippen molar-refractivity contribution in [3.05, 3.63) is 12.0 Å². The number of ether oxygens (including phenoxy) is 1. The summed E-state index contributed by atoms with van der Waals surface area (Å²) in [5.74, 6) is 0.915. The van der Waals surface area contributed by atoms with Crippen LogP contribution in [0.5, 0.6) is 0 Å². The molecule has 0 heterocycles. The van der Waals surface area contributed by atoms with Crippen molar-refractivity contribution in [2.75, 3.05) is 12.9 Å². The van der Waals surface area contributed by atoms with E-state index in [1.54, 1.807) is 0 Å². The van der Waals surface area contributed by atoms with E-state index in [0.717, 1.165) is 5.75 Å². The monoisotopic (exact) mass is 161 g/mol. The predicted molar refractivity (Wildman–Crippen MR) is 42.4 cm³/mol. The summed E-state index contributed by atoms with van der Waals surface area (Å²) in [5, 5.41) is -0.0677. The average molecular weight is 161 g/mol. The molecule has 0 fully saturated rings. The molecule has 0 saturated carbocycles. The molecule has 58 valence electrons. The summed E-state index contributed by atoms with van der Waals surface area (Å²) in [6.07, 6.45) is 1.27. The molecule has 0 amide bonds. The Kier molecular flexibility index (Phi) is 4.84. The maximum atomic E-state index is 10.7. The first kappa shape index (κ1) is 9.36. The summed E-state index contributed by atoms with van der Waals surface area (Å²) in [6.45, 7) is 1.90. The van der Waals surface area contributed by atoms with Gasteiger partial charge in [-0.3, -0.25) is 4.79 Å². The second kappa shape index (κ2) is 5.17. The molecule has 0 atom stereocenters. The molecule has 0 rings (SSSR count). The first-order valence-electron chi connectivity index (χ1n) is 2.88. The van der Waals surface area contributed by atoms with Gasteiger partial charge in [-0.15, -0.1) is 0 Å². The maximum Gasteiger partial charge on any atom is 0.217 e. The van der Waals surface area contributed by atoms with Crippen LogP contribution < -0.4 is 5.73 Å². The van der Waals surface area contributed by atoms with E-state index in [0.29, 0.717) is 0 Å². The largest absolute Gasteiger partial charge is 0.483 e. The van der Waals surface area contributed by atoms with Crippen LogP contribution >= 0.6 is 11.8 Å². The van der Waals surface area contributed by atoms with Crippen LogP contribution in [0, 0.1) is 0 Å². The third-order valence-corrected chi connectivity index (χ3v) is 1.47. The smallest absolute Gasteiger partial charge is 0.217 e. The lowest BCUT2D eigenvalue weighted by atomic mass is 10.6. The Balaban J connectivity index is 3.75. The summed E-state index contributed by atoms with van der Waals surface area (Å²) in [5.41, 5.74) is 5.21. The molecule has 2 N–H and O–H groups in total. The lowest BCUT2D eigenvalue weighted by molar-refractivity contribution is -0.107. The number of methoxy groups -OCH3 is 1. The van der Waals surface area contributed by atoms with Crippen molar-refractivity contribution in [2.24, 2.45) is 5.73 Å². The molecule has 0 aromatic heterocycles. The van der Waals surface area contributed by atoms with Crippen molar-refractivity contribution in [1.29, 1.82) is 0 Å². The highest BCUT2D eigenvalue weighted by Gasteiger charge is 1.96. The molecule has 0 radical (unpaired) electrons. The molecule has 0 aromatic carbocycles. The zero-order valence-electron chi connectivity index (χ0n) is 6.09. The first-order valence-corrected chi connectivity index (χ1v) is 3.87. The van der Waals surface area contributed by atoms with Gasteiger partial charge in [-0.2, -0.15) is 0 Å². The van der Waals surface area contributed by atoms with Crippen LogP contribution in [-0.2, 0) is 9.53 Å². The van der Waals surface area contributed by atoms with Gasteiger partial charge in [0.05, 0.1) is 13.2 Å². The van der Waals surface area contributed by atoms with Crippen molar-refractivity contribution in [2.45, 2.75) is 6.92 Å². The minimum Gasteiger partial charge on any atom is -0.483 e. The summed E-state index contributed by atoms with van der Waals surface area (Å²) in [6, 6.07) is 0. The van der Waals surface area contributed by atoms with Gasteiger partial charge in [0.15, 0.2) is 5.88 Å². The van der Waals surface area contributed by atoms with Crippen molar-refractivity contribution < 1.29 is 9.53 Å². The molecule has 4 heteroatoms. The summed E-state index contributed by atoms with van der Waals surface area (Å²) < 4.78 is 4.57. The molecule has 3 nitrogen and oxygen atoms in total. The van der Waals surface area contributed by atoms with E-state index in [1.807, 2.05) is 6.92 Å². The van der Waals surface area contributed by atoms with Gasteiger partial charge in [0.2, 0.25) is 5.12 Å². The molecular formula is C6H11NO2S. The van der Waals surface area contributed by atoms with Crippen LogP contribution in [0.15, 0.2) is 12.0 Å². The van der Waals surface area contributed by atoms with E-state index in [2.05, 4.69) is 4.74 Å². The Morgan fingerprint density at radius 1 is 1.80 bits per heavy atom. The highest BCUT2D eigenvalue weighted by atomic mass is 32.2. The highest BCUT2D eigenvalue weighted by molar-refractivity contribution is 8.14. The number of nitrogens with two attached hydrogens (primary N) is 1. The molecule has 0 aliphatic heterocycles. The third kappa shape index (κ3) is 4.26. The van der Waals surface area contributed by atoms with Crippen LogP contribution in [0.25, 0.3) is 0 Å². The lowest BCUT2D eigenvalue weighted by Crippen LogP contribution is -2.01. The van der Waals surface area contributed by atoms with Crippen molar-refractivity contribution in [3.8, 4) is 0 Å². The summed E-state index contributed by atoms with van der Waals surface area (Å²) in [4.78, 5) is 10.7. The van der Waals surface area contributed by atoms with Gasteiger partial charge in [0.25, 0.3) is 0 Å². The fourth-order valence-corrected chi connectivity index (χ4v) is 0.843. The zero-order valence-corrected chi connectivity index (χ0v) is 6.90. The van der Waals surface area contributed by atoms with Crippen LogP contribution in [0.2, 0.25) is 0 Å². The minimum absolute atomic E-state index is 0.0677. The Morgan fingerprint density at radius 3 is 2.80 bits per heavy atom. The van der Waals surface area contributed by atoms with Crippen LogP contribution in [0.3, 0.4) is 0 Å². The van der Waals surface area contributed by atoms with Gasteiger partial charge in [0, 0.05) is 0 Å². The zero-order chi connectivity index (χ0) is 7.98. The fourth-order valence-electron chi connectivity index (χ4n) is 0.359. The topological polar surface area (TPSA) is 52.3 Å². The maximum absolute atomic E-state index is 10.7. The molecule has 0 aliphatic rings. The Morgan fingerprint density at radius 2 is 2.40 bits per heavy atom. The molecule has 0 aromatic rings. The number of hydrogen-bond acceptors (Lipinski definition) is 4. The van der Waals surface area contributed by atoms with Gasteiger partial charge >= 0.3 is 0 Å². The van der Waals surface area contributed by atoms with Crippen LogP contribution in [-0.4, -0.2) is 18.0 Å². The number of carbonyl (C=O) groups is 1. The van der Waals surface area contributed by atoms with Crippen molar-refractivity contribution in [3.63, 3.8) is 0 Å². The summed E-state index contributed by atoms with van der Waals surface area (Å²) >= 11 is 1.20. The molecule has 10 heavy (non-hydrogen) atoms. The molecule has 0 unspecified atom stereocenters. The third-order valence-electron chi connectivity index (χ3n) is 0.782. The van der Waals surface area contributed by atoms with E-state index in [-0.39, 0.29) is 11.0 Å². The predicted octanol–water partition coefficient (Wildman–Crippen LogP) is 0.713. The summed E-state index contributed by atoms with van der Waals surface area (Å²) in [7, 11) is 1.43. The highest BCUT2D eigenvalue weighted by Crippen LogP contribution is 2.02. The molecule has 0 aliphatic carbocycles. The van der Waals surface area contributed by atoms with E-state index < -0.39 is 0 Å². The first-order chi connectivity index (χ1) is 4.70. The van der Waals surface area contributed by atoms with Gasteiger partial charge in [-0.05, 0) is 5.75 Å². The molecule has 0 saturated heterocycles. The van der Waals surface area contributed by atoms with Crippen LogP contribution in [0.1, 0.15) is 6.92 Å². The molecular weight excluding hydrogens is 150 g/mol. The van der Waals surface area contributed by atoms with Gasteiger partial charge in [0.1, 0.15) is 0 Å². The average Bonchev–Trinajstić information content (AvgIpc) is 1.88. The van der Waals surface area contributed by atoms with E-state index in [1.165, 1.54) is 24.9 Å². The molecule has 0 spiro atoms. The van der Waals surface area contributed by atoms with E-state index >= 15 is 0 Å². The molecule has 0 bridgehead atoms. The van der Waals surface area contributed by atoms with E-state index in [9.17, 15) is 4.79 Å². The second-order valence-corrected chi connectivity index (χ2v) is 2.77. The lowest BCUT2D eigenvalue weighted by Gasteiger charge is -1.95. The Labute approximate surface area is 64.6 Å². The number of rotatable bonds is 3. The van der Waals surface area contributed by atoms with E-state index in [4.69, 9.17) is 5.73 Å². The Bertz CT molecular complexity index is 145. The minimum atomic E-state index is -0.0677. The normalized spacial score (nSPS) is 11.2. The van der Waals surface area contributed by atoms with Crippen molar-refractivity contribution >= 4 is 16.9 Å². The Hall–Kier alpha value is -0.640.